The molecule has 1 heterocycles. The van der Waals surface area contributed by atoms with E-state index in [0.29, 0.717) is 0 Å². The number of aromatic nitrogens is 2. The summed E-state index contributed by atoms with van der Waals surface area (Å²) in [7, 11) is 0. The molecule has 0 radical (unpaired) electrons. The molecule has 1 aromatic heterocycles. The van der Waals surface area contributed by atoms with Crippen molar-refractivity contribution in [2.75, 3.05) is 0 Å². The predicted molar refractivity (Wildman–Crippen MR) is 47.4 cm³/mol. The van der Waals surface area contributed by atoms with Crippen LogP contribution < -0.4 is 10.6 Å². The Morgan fingerprint density at radius 2 is 2.27 bits per heavy atom. The van der Waals surface area contributed by atoms with E-state index < -0.39 is 0 Å². The third-order valence-corrected chi connectivity index (χ3v) is 1.46. The van der Waals surface area contributed by atoms with Gasteiger partial charge in [0.05, 0.1) is 11.0 Å². The van der Waals surface area contributed by atoms with Crippen LogP contribution in [0, 0.1) is 6.92 Å². The molecule has 0 unspecified atom stereocenters. The van der Waals surface area contributed by atoms with Crippen LogP contribution >= 0.6 is 0 Å². The van der Waals surface area contributed by atoms with E-state index in [4.69, 9.17) is 0 Å². The van der Waals surface area contributed by atoms with Gasteiger partial charge in [0.2, 0.25) is 0 Å². The van der Waals surface area contributed by atoms with Crippen molar-refractivity contribution < 1.29 is 0 Å². The highest BCUT2D eigenvalue weighted by Gasteiger charge is 1.91. The molecule has 2 nitrogen and oxygen atoms in total. The molecule has 0 aliphatic carbocycles. The molecule has 1 N–H and O–H groups in total. The van der Waals surface area contributed by atoms with Gasteiger partial charge in [0.15, 0.2) is 0 Å². The predicted octanol–water partition coefficient (Wildman–Crippen LogP) is 0.485. The minimum atomic E-state index is 0.852. The SMILES string of the molecule is C=C(C)/C=c1/c(C)n[nH]c1=C. The van der Waals surface area contributed by atoms with Gasteiger partial charge in [0, 0.05) is 5.22 Å². The van der Waals surface area contributed by atoms with E-state index in [1.807, 2.05) is 19.9 Å². The first kappa shape index (κ1) is 7.79. The van der Waals surface area contributed by atoms with E-state index in [-0.39, 0.29) is 0 Å². The second kappa shape index (κ2) is 2.74. The smallest absolute Gasteiger partial charge is 0.0669 e. The number of nitrogens with zero attached hydrogens (tertiary/aromatic N) is 1. The fourth-order valence-electron chi connectivity index (χ4n) is 0.928. The zero-order valence-corrected chi connectivity index (χ0v) is 6.94. The van der Waals surface area contributed by atoms with Gasteiger partial charge in [-0.05, 0) is 19.9 Å². The van der Waals surface area contributed by atoms with E-state index in [9.17, 15) is 0 Å². The van der Waals surface area contributed by atoms with Crippen LogP contribution in [0.4, 0.5) is 0 Å². The first-order valence-electron chi connectivity index (χ1n) is 3.48. The molecule has 0 bridgehead atoms. The van der Waals surface area contributed by atoms with Gasteiger partial charge in [-0.25, -0.2) is 0 Å². The van der Waals surface area contributed by atoms with E-state index in [0.717, 1.165) is 21.8 Å². The number of H-pyrrole nitrogens is 1. The summed E-state index contributed by atoms with van der Waals surface area (Å²) in [6.45, 7) is 11.5. The topological polar surface area (TPSA) is 28.7 Å². The van der Waals surface area contributed by atoms with Crippen molar-refractivity contribution in [2.24, 2.45) is 0 Å². The maximum Gasteiger partial charge on any atom is 0.0669 e. The average Bonchev–Trinajstić information content (AvgIpc) is 2.18. The van der Waals surface area contributed by atoms with Gasteiger partial charge in [-0.15, -0.1) is 0 Å². The minimum Gasteiger partial charge on any atom is -0.278 e. The Morgan fingerprint density at radius 1 is 1.64 bits per heavy atom. The Hall–Kier alpha value is -1.31. The van der Waals surface area contributed by atoms with Crippen LogP contribution in [0.3, 0.4) is 0 Å². The first-order chi connectivity index (χ1) is 5.11. The molecule has 11 heavy (non-hydrogen) atoms. The van der Waals surface area contributed by atoms with Crippen molar-refractivity contribution >= 4 is 12.7 Å². The van der Waals surface area contributed by atoms with Crippen molar-refractivity contribution in [3.05, 3.63) is 28.4 Å². The Morgan fingerprint density at radius 3 is 2.64 bits per heavy atom. The molecule has 0 aliphatic rings. The quantitative estimate of drug-likeness (QED) is 0.616. The summed E-state index contributed by atoms with van der Waals surface area (Å²) in [5.41, 5.74) is 1.98. The van der Waals surface area contributed by atoms with Crippen LogP contribution in [-0.2, 0) is 0 Å². The standard InChI is InChI=1S/C9H12N2/c1-6(2)5-9-7(3)10-11-8(9)4/h5,10H,1,3H2,2,4H3/b9-5+. The van der Waals surface area contributed by atoms with Gasteiger partial charge in [-0.3, -0.25) is 5.10 Å². The first-order valence-corrected chi connectivity index (χ1v) is 3.48. The van der Waals surface area contributed by atoms with Gasteiger partial charge >= 0.3 is 0 Å². The second-order valence-corrected chi connectivity index (χ2v) is 2.69. The van der Waals surface area contributed by atoms with Crippen LogP contribution in [0.1, 0.15) is 12.6 Å². The highest BCUT2D eigenvalue weighted by atomic mass is 15.1. The van der Waals surface area contributed by atoms with Crippen molar-refractivity contribution in [1.82, 2.24) is 10.2 Å². The Kier molecular flexibility index (Phi) is 1.94. The molecule has 1 aromatic rings. The van der Waals surface area contributed by atoms with E-state index in [1.165, 1.54) is 0 Å². The molecule has 0 spiro atoms. The molecule has 0 fully saturated rings. The molecular formula is C9H12N2. The van der Waals surface area contributed by atoms with Gasteiger partial charge in [0.1, 0.15) is 0 Å². The molecule has 0 atom stereocenters. The van der Waals surface area contributed by atoms with E-state index in [2.05, 4.69) is 23.4 Å². The number of hydrogen-bond acceptors (Lipinski definition) is 1. The van der Waals surface area contributed by atoms with Gasteiger partial charge < -0.3 is 0 Å². The van der Waals surface area contributed by atoms with Crippen molar-refractivity contribution in [3.8, 4) is 0 Å². The molecular weight excluding hydrogens is 136 g/mol. The zero-order valence-electron chi connectivity index (χ0n) is 6.94. The maximum absolute atomic E-state index is 4.01. The average molecular weight is 148 g/mol. The number of aryl methyl sites for hydroxylation is 1. The normalized spacial score (nSPS) is 12.0. The number of hydrogen-bond donors (Lipinski definition) is 1. The van der Waals surface area contributed by atoms with Crippen LogP contribution in [0.5, 0.6) is 0 Å². The highest BCUT2D eigenvalue weighted by Crippen LogP contribution is 1.86. The molecule has 0 saturated carbocycles. The van der Waals surface area contributed by atoms with Crippen LogP contribution in [0.15, 0.2) is 12.2 Å². The summed E-state index contributed by atoms with van der Waals surface area (Å²) in [6, 6.07) is 0. The summed E-state index contributed by atoms with van der Waals surface area (Å²) in [5, 5.41) is 8.72. The molecule has 0 saturated heterocycles. The van der Waals surface area contributed by atoms with Crippen LogP contribution in [0.2, 0.25) is 0 Å². The molecule has 0 aromatic carbocycles. The number of allylic oxidation sites excluding steroid dienone is 1. The van der Waals surface area contributed by atoms with Crippen LogP contribution in [-0.4, -0.2) is 10.2 Å². The van der Waals surface area contributed by atoms with Gasteiger partial charge in [-0.1, -0.05) is 18.7 Å². The summed E-state index contributed by atoms with van der Waals surface area (Å²) >= 11 is 0. The molecule has 1 rings (SSSR count). The lowest BCUT2D eigenvalue weighted by Gasteiger charge is -1.83. The van der Waals surface area contributed by atoms with E-state index >= 15 is 0 Å². The largest absolute Gasteiger partial charge is 0.278 e. The van der Waals surface area contributed by atoms with Crippen LogP contribution in [0.25, 0.3) is 12.7 Å². The van der Waals surface area contributed by atoms with Crippen molar-refractivity contribution in [1.29, 1.82) is 0 Å². The van der Waals surface area contributed by atoms with Gasteiger partial charge in [-0.2, -0.15) is 5.10 Å². The summed E-state index contributed by atoms with van der Waals surface area (Å²) in [4.78, 5) is 0. The Labute approximate surface area is 65.9 Å². The zero-order chi connectivity index (χ0) is 8.43. The Balaban J connectivity index is 3.43. The molecule has 0 amide bonds. The van der Waals surface area contributed by atoms with Crippen molar-refractivity contribution in [2.45, 2.75) is 13.8 Å². The summed E-state index contributed by atoms with van der Waals surface area (Å²) < 4.78 is 0. The molecule has 58 valence electrons. The number of nitrogens with one attached hydrogen (secondary N) is 1. The minimum absolute atomic E-state index is 0.852. The lowest BCUT2D eigenvalue weighted by Crippen LogP contribution is -2.22. The van der Waals surface area contributed by atoms with Crippen molar-refractivity contribution in [3.63, 3.8) is 0 Å². The van der Waals surface area contributed by atoms with E-state index in [1.54, 1.807) is 0 Å². The Bertz CT molecular complexity index is 371. The maximum atomic E-state index is 4.01. The highest BCUT2D eigenvalue weighted by molar-refractivity contribution is 5.44. The lowest BCUT2D eigenvalue weighted by atomic mass is 10.2. The molecule has 0 aliphatic heterocycles. The molecule has 2 heteroatoms. The monoisotopic (exact) mass is 148 g/mol. The fourth-order valence-corrected chi connectivity index (χ4v) is 0.928. The second-order valence-electron chi connectivity index (χ2n) is 2.69. The number of rotatable bonds is 1. The third-order valence-electron chi connectivity index (χ3n) is 1.46. The fraction of sp³-hybridized carbons (Fsp3) is 0.222. The summed E-state index contributed by atoms with van der Waals surface area (Å²) in [5.74, 6) is 0. The lowest BCUT2D eigenvalue weighted by molar-refractivity contribution is 1.03. The summed E-state index contributed by atoms with van der Waals surface area (Å²) in [6.07, 6.45) is 1.97. The third kappa shape index (κ3) is 1.58. The number of aromatic amines is 1. The van der Waals surface area contributed by atoms with Gasteiger partial charge in [0.25, 0.3) is 0 Å².